The SMILES string of the molecule is Cc1nc(-c2c(C(=O)NNC(=O)OCc3ccccc3C)noc2C)cs1. The summed E-state index contributed by atoms with van der Waals surface area (Å²) >= 11 is 1.45. The van der Waals surface area contributed by atoms with Crippen LogP contribution in [0.15, 0.2) is 34.2 Å². The van der Waals surface area contributed by atoms with Crippen molar-refractivity contribution in [2.75, 3.05) is 0 Å². The van der Waals surface area contributed by atoms with Gasteiger partial charge >= 0.3 is 6.09 Å². The summed E-state index contributed by atoms with van der Waals surface area (Å²) in [6.45, 7) is 5.58. The van der Waals surface area contributed by atoms with Gasteiger partial charge in [-0.05, 0) is 31.9 Å². The molecule has 0 spiro atoms. The van der Waals surface area contributed by atoms with Crippen LogP contribution in [0.25, 0.3) is 11.3 Å². The molecule has 8 nitrogen and oxygen atoms in total. The molecule has 2 amide bonds. The molecule has 0 bridgehead atoms. The number of ether oxygens (including phenoxy) is 1. The molecular formula is C18H18N4O4S. The van der Waals surface area contributed by atoms with Crippen molar-refractivity contribution in [2.24, 2.45) is 0 Å². The van der Waals surface area contributed by atoms with Gasteiger partial charge in [-0.15, -0.1) is 11.3 Å². The highest BCUT2D eigenvalue weighted by atomic mass is 32.1. The summed E-state index contributed by atoms with van der Waals surface area (Å²) < 4.78 is 10.2. The Kier molecular flexibility index (Phi) is 5.51. The van der Waals surface area contributed by atoms with Crippen LogP contribution in [-0.2, 0) is 11.3 Å². The number of aromatic nitrogens is 2. The largest absolute Gasteiger partial charge is 0.443 e. The van der Waals surface area contributed by atoms with Gasteiger partial charge in [0.2, 0.25) is 0 Å². The zero-order valence-electron chi connectivity index (χ0n) is 15.0. The number of carbonyl (C=O) groups is 2. The van der Waals surface area contributed by atoms with Gasteiger partial charge in [-0.2, -0.15) is 0 Å². The summed E-state index contributed by atoms with van der Waals surface area (Å²) in [5.41, 5.74) is 7.50. The van der Waals surface area contributed by atoms with Crippen molar-refractivity contribution in [2.45, 2.75) is 27.4 Å². The summed E-state index contributed by atoms with van der Waals surface area (Å²) in [6.07, 6.45) is -0.780. The third-order valence-electron chi connectivity index (χ3n) is 3.85. The van der Waals surface area contributed by atoms with Gasteiger partial charge in [-0.3, -0.25) is 10.2 Å². The van der Waals surface area contributed by atoms with Crippen molar-refractivity contribution >= 4 is 23.3 Å². The minimum atomic E-state index is -0.780. The normalized spacial score (nSPS) is 10.5. The Morgan fingerprint density at radius 3 is 2.67 bits per heavy atom. The Balaban J connectivity index is 1.60. The maximum Gasteiger partial charge on any atom is 0.426 e. The number of nitrogens with one attached hydrogen (secondary N) is 2. The van der Waals surface area contributed by atoms with Crippen molar-refractivity contribution in [1.82, 2.24) is 21.0 Å². The standard InChI is InChI=1S/C18H18N4O4S/c1-10-6-4-5-7-13(10)8-25-18(24)21-20-17(23)16-15(11(2)26-22-16)14-9-27-12(3)19-14/h4-7,9H,8H2,1-3H3,(H,20,23)(H,21,24). The van der Waals surface area contributed by atoms with Crippen molar-refractivity contribution in [3.05, 3.63) is 57.2 Å². The maximum absolute atomic E-state index is 12.4. The fourth-order valence-corrected chi connectivity index (χ4v) is 3.03. The lowest BCUT2D eigenvalue weighted by Gasteiger charge is -2.09. The lowest BCUT2D eigenvalue weighted by molar-refractivity contribution is 0.0896. The van der Waals surface area contributed by atoms with Crippen LogP contribution in [0.4, 0.5) is 4.79 Å². The van der Waals surface area contributed by atoms with Gasteiger partial charge < -0.3 is 9.26 Å². The van der Waals surface area contributed by atoms with E-state index < -0.39 is 12.0 Å². The number of hydrogen-bond donors (Lipinski definition) is 2. The van der Waals surface area contributed by atoms with Crippen LogP contribution < -0.4 is 10.9 Å². The molecule has 0 aliphatic carbocycles. The molecule has 0 radical (unpaired) electrons. The molecule has 9 heteroatoms. The molecule has 3 aromatic rings. The van der Waals surface area contributed by atoms with Crippen molar-refractivity contribution < 1.29 is 18.8 Å². The van der Waals surface area contributed by atoms with Crippen LogP contribution in [0, 0.1) is 20.8 Å². The second kappa shape index (κ2) is 8.00. The second-order valence-corrected chi connectivity index (χ2v) is 6.86. The number of rotatable bonds is 4. The number of carbonyl (C=O) groups excluding carboxylic acids is 2. The first kappa shape index (κ1) is 18.6. The smallest absolute Gasteiger partial charge is 0.426 e. The highest BCUT2D eigenvalue weighted by Gasteiger charge is 2.23. The van der Waals surface area contributed by atoms with Crippen molar-refractivity contribution in [3.8, 4) is 11.3 Å². The second-order valence-electron chi connectivity index (χ2n) is 5.80. The minimum Gasteiger partial charge on any atom is -0.443 e. The van der Waals surface area contributed by atoms with E-state index in [9.17, 15) is 9.59 Å². The number of hydrogen-bond acceptors (Lipinski definition) is 7. The van der Waals surface area contributed by atoms with Crippen LogP contribution in [-0.4, -0.2) is 22.1 Å². The minimum absolute atomic E-state index is 0.0389. The lowest BCUT2D eigenvalue weighted by atomic mass is 10.1. The van der Waals surface area contributed by atoms with Crippen molar-refractivity contribution in [3.63, 3.8) is 0 Å². The fourth-order valence-electron chi connectivity index (χ4n) is 2.43. The van der Waals surface area contributed by atoms with Crippen LogP contribution in [0.3, 0.4) is 0 Å². The van der Waals surface area contributed by atoms with Crippen LogP contribution in [0.2, 0.25) is 0 Å². The van der Waals surface area contributed by atoms with Gasteiger partial charge in [0, 0.05) is 5.38 Å². The predicted molar refractivity (Wildman–Crippen MR) is 99.1 cm³/mol. The number of nitrogens with zero attached hydrogens (tertiary/aromatic N) is 2. The first-order valence-corrected chi connectivity index (χ1v) is 9.00. The van der Waals surface area contributed by atoms with Gasteiger partial charge in [0.05, 0.1) is 16.3 Å². The van der Waals surface area contributed by atoms with E-state index in [1.807, 2.05) is 43.5 Å². The summed E-state index contributed by atoms with van der Waals surface area (Å²) in [4.78, 5) is 28.5. The van der Waals surface area contributed by atoms with Crippen LogP contribution in [0.1, 0.15) is 32.4 Å². The molecule has 0 aliphatic heterocycles. The highest BCUT2D eigenvalue weighted by molar-refractivity contribution is 7.09. The Morgan fingerprint density at radius 1 is 1.19 bits per heavy atom. The fraction of sp³-hybridized carbons (Fsp3) is 0.222. The zero-order valence-corrected chi connectivity index (χ0v) is 15.8. The summed E-state index contributed by atoms with van der Waals surface area (Å²) in [6, 6.07) is 7.55. The molecule has 0 fully saturated rings. The average molecular weight is 386 g/mol. The summed E-state index contributed by atoms with van der Waals surface area (Å²) in [7, 11) is 0. The highest BCUT2D eigenvalue weighted by Crippen LogP contribution is 2.28. The van der Waals surface area contributed by atoms with E-state index in [1.165, 1.54) is 11.3 Å². The molecular weight excluding hydrogens is 368 g/mol. The van der Waals surface area contributed by atoms with Crippen LogP contribution in [0.5, 0.6) is 0 Å². The first-order chi connectivity index (χ1) is 13.0. The third-order valence-corrected chi connectivity index (χ3v) is 4.62. The molecule has 1 aromatic carbocycles. The Morgan fingerprint density at radius 2 is 1.96 bits per heavy atom. The van der Waals surface area contributed by atoms with E-state index in [-0.39, 0.29) is 12.3 Å². The Hall–Kier alpha value is -3.20. The Labute approximate surface area is 159 Å². The quantitative estimate of drug-likeness (QED) is 0.667. The van der Waals surface area contributed by atoms with E-state index >= 15 is 0 Å². The first-order valence-electron chi connectivity index (χ1n) is 8.12. The molecule has 0 atom stereocenters. The molecule has 0 aliphatic rings. The van der Waals surface area contributed by atoms with Gasteiger partial charge in [-0.25, -0.2) is 15.2 Å². The monoisotopic (exact) mass is 386 g/mol. The van der Waals surface area contributed by atoms with Gasteiger partial charge in [0.25, 0.3) is 5.91 Å². The van der Waals surface area contributed by atoms with Gasteiger partial charge in [0.15, 0.2) is 5.69 Å². The zero-order chi connectivity index (χ0) is 19.4. The van der Waals surface area contributed by atoms with Crippen LogP contribution >= 0.6 is 11.3 Å². The van der Waals surface area contributed by atoms with E-state index in [0.29, 0.717) is 17.0 Å². The third kappa shape index (κ3) is 4.32. The number of thiazole rings is 1. The lowest BCUT2D eigenvalue weighted by Crippen LogP contribution is -2.42. The molecule has 0 unspecified atom stereocenters. The van der Waals surface area contributed by atoms with Gasteiger partial charge in [-0.1, -0.05) is 29.4 Å². The molecule has 0 saturated carbocycles. The summed E-state index contributed by atoms with van der Waals surface area (Å²) in [5, 5.41) is 6.44. The van der Waals surface area contributed by atoms with Gasteiger partial charge in [0.1, 0.15) is 12.4 Å². The molecule has 2 aromatic heterocycles. The molecule has 3 rings (SSSR count). The Bertz CT molecular complexity index is 979. The molecule has 2 N–H and O–H groups in total. The average Bonchev–Trinajstić information content (AvgIpc) is 3.24. The topological polar surface area (TPSA) is 106 Å². The predicted octanol–water partition coefficient (Wildman–Crippen LogP) is 3.29. The number of benzene rings is 1. The number of hydrazine groups is 1. The van der Waals surface area contributed by atoms with E-state index in [1.54, 1.807) is 6.92 Å². The number of amides is 2. The molecule has 2 heterocycles. The van der Waals surface area contributed by atoms with E-state index in [4.69, 9.17) is 9.26 Å². The van der Waals surface area contributed by atoms with E-state index in [2.05, 4.69) is 21.0 Å². The summed E-state index contributed by atoms with van der Waals surface area (Å²) in [5.74, 6) is -0.159. The maximum atomic E-state index is 12.4. The molecule has 27 heavy (non-hydrogen) atoms. The molecule has 0 saturated heterocycles. The van der Waals surface area contributed by atoms with E-state index in [0.717, 1.165) is 16.1 Å². The van der Waals surface area contributed by atoms with Crippen molar-refractivity contribution in [1.29, 1.82) is 0 Å². The molecule has 140 valence electrons. The number of aryl methyl sites for hydroxylation is 3.